The van der Waals surface area contributed by atoms with Gasteiger partial charge in [0.2, 0.25) is 0 Å². The highest BCUT2D eigenvalue weighted by Crippen LogP contribution is 2.30. The van der Waals surface area contributed by atoms with Crippen LogP contribution in [0.1, 0.15) is 68.2 Å². The van der Waals surface area contributed by atoms with Gasteiger partial charge in [0.05, 0.1) is 18.8 Å². The number of benzene rings is 2. The van der Waals surface area contributed by atoms with Crippen molar-refractivity contribution in [3.8, 4) is 11.5 Å². The molecule has 2 unspecified atom stereocenters. The number of aryl methyl sites for hydroxylation is 1. The Kier molecular flexibility index (Phi) is 19.2. The van der Waals surface area contributed by atoms with Crippen LogP contribution in [-0.4, -0.2) is 41.7 Å². The molecule has 7 nitrogen and oxygen atoms in total. The molecule has 11 heteroatoms. The van der Waals surface area contributed by atoms with E-state index in [1.807, 2.05) is 34.6 Å². The van der Waals surface area contributed by atoms with E-state index in [-0.39, 0.29) is 23.2 Å². The number of aromatic hydroxyl groups is 1. The number of halogens is 4. The van der Waals surface area contributed by atoms with Crippen LogP contribution in [0.2, 0.25) is 0 Å². The number of ether oxygens (including phenoxy) is 2. The number of alkyl halides is 3. The van der Waals surface area contributed by atoms with Crippen LogP contribution in [-0.2, 0) is 22.1 Å². The fourth-order valence-electron chi connectivity index (χ4n) is 3.67. The van der Waals surface area contributed by atoms with Crippen LogP contribution in [0.3, 0.4) is 0 Å². The average molecular weight is 637 g/mol. The minimum absolute atomic E-state index is 0.0647. The molecule has 2 aromatic carbocycles. The maximum Gasteiger partial charge on any atom is 0.416 e. The molecule has 0 radical (unpaired) electrons. The lowest BCUT2D eigenvalue weighted by Gasteiger charge is -2.19. The first-order chi connectivity index (χ1) is 21.3. The second-order valence-corrected chi connectivity index (χ2v) is 9.12. The summed E-state index contributed by atoms with van der Waals surface area (Å²) in [5.41, 5.74) is 0.775. The highest BCUT2D eigenvalue weighted by molar-refractivity contribution is 5.97. The van der Waals surface area contributed by atoms with Crippen molar-refractivity contribution in [2.24, 2.45) is 5.92 Å². The summed E-state index contributed by atoms with van der Waals surface area (Å²) in [4.78, 5) is 28.0. The number of rotatable bonds is 10. The van der Waals surface area contributed by atoms with E-state index < -0.39 is 42.0 Å². The molecule has 3 rings (SSSR count). The summed E-state index contributed by atoms with van der Waals surface area (Å²) in [5, 5.41) is 12.3. The van der Waals surface area contributed by atoms with E-state index in [1.54, 1.807) is 25.1 Å². The Balaban J connectivity index is 0.00000136. The molecule has 0 aliphatic heterocycles. The van der Waals surface area contributed by atoms with E-state index in [2.05, 4.69) is 16.9 Å². The molecule has 1 amide bonds. The van der Waals surface area contributed by atoms with Crippen molar-refractivity contribution in [1.82, 2.24) is 10.3 Å². The van der Waals surface area contributed by atoms with Gasteiger partial charge in [-0.3, -0.25) is 9.59 Å². The van der Waals surface area contributed by atoms with Crippen LogP contribution in [0.25, 0.3) is 0 Å². The Labute approximate surface area is 263 Å². The molecule has 0 saturated heterocycles. The van der Waals surface area contributed by atoms with Crippen LogP contribution < -0.4 is 10.1 Å². The van der Waals surface area contributed by atoms with E-state index in [1.165, 1.54) is 43.6 Å². The van der Waals surface area contributed by atoms with Crippen molar-refractivity contribution in [3.63, 3.8) is 0 Å². The van der Waals surface area contributed by atoms with Gasteiger partial charge in [0.25, 0.3) is 5.91 Å². The predicted molar refractivity (Wildman–Crippen MR) is 168 cm³/mol. The lowest BCUT2D eigenvalue weighted by Crippen LogP contribution is -2.33. The quantitative estimate of drug-likeness (QED) is 0.133. The molecule has 0 bridgehead atoms. The number of carbonyl (C=O) groups is 2. The second-order valence-electron chi connectivity index (χ2n) is 9.12. The number of hydrogen-bond acceptors (Lipinski definition) is 6. The second kappa shape index (κ2) is 21.3. The molecule has 0 saturated carbocycles. The van der Waals surface area contributed by atoms with Crippen molar-refractivity contribution >= 4 is 11.9 Å². The summed E-state index contributed by atoms with van der Waals surface area (Å²) < 4.78 is 60.4. The number of nitrogens with one attached hydrogen (secondary N) is 1. The first-order valence-electron chi connectivity index (χ1n) is 14.5. The van der Waals surface area contributed by atoms with Gasteiger partial charge in [-0.2, -0.15) is 13.2 Å². The molecule has 248 valence electrons. The minimum Gasteiger partial charge on any atom is -0.503 e. The van der Waals surface area contributed by atoms with Gasteiger partial charge in [-0.15, -0.1) is 6.58 Å². The largest absolute Gasteiger partial charge is 0.503 e. The summed E-state index contributed by atoms with van der Waals surface area (Å²) in [6.07, 6.45) is -1.17. The summed E-state index contributed by atoms with van der Waals surface area (Å²) in [5.74, 6) is -2.17. The van der Waals surface area contributed by atoms with Crippen molar-refractivity contribution in [2.75, 3.05) is 13.7 Å². The van der Waals surface area contributed by atoms with Gasteiger partial charge in [0, 0.05) is 12.3 Å². The predicted octanol–water partition coefficient (Wildman–Crippen LogP) is 8.10. The zero-order valence-corrected chi connectivity index (χ0v) is 26.9. The molecule has 0 aliphatic carbocycles. The Hall–Kier alpha value is -4.41. The van der Waals surface area contributed by atoms with Gasteiger partial charge in [-0.1, -0.05) is 63.6 Å². The number of hydrogen-bond donors (Lipinski definition) is 2. The summed E-state index contributed by atoms with van der Waals surface area (Å²) in [6, 6.07) is 12.6. The monoisotopic (exact) mass is 636 g/mol. The molecular formula is C34H44F4N2O5. The number of aromatic nitrogens is 1. The number of nitrogens with zero attached hydrogens (tertiary/aromatic N) is 1. The van der Waals surface area contributed by atoms with E-state index in [9.17, 15) is 32.3 Å². The van der Waals surface area contributed by atoms with Crippen molar-refractivity contribution in [3.05, 3.63) is 102 Å². The fraction of sp³-hybridized carbons (Fsp3) is 0.382. The standard InChI is InChI=1S/C23H25F3N2O5.C7H7F.2C2H6/c1-4-15(12-16-5-7-17(8-6-16)23(24,25)26)11-14(2)33-19(29)13-28-22(31)20-21(30)18(32-3)9-10-27-20;1-6-2-4-7(8)5-3-6;2*1-2/h4-10,14-15,30H,1,11-13H2,2-3H3,(H,28,31);2-5H,1H3;2*1-2H3. The van der Waals surface area contributed by atoms with Crippen molar-refractivity contribution in [1.29, 1.82) is 0 Å². The van der Waals surface area contributed by atoms with Crippen molar-refractivity contribution in [2.45, 2.75) is 66.7 Å². The summed E-state index contributed by atoms with van der Waals surface area (Å²) in [7, 11) is 1.32. The molecule has 2 N–H and O–H groups in total. The fourth-order valence-corrected chi connectivity index (χ4v) is 3.67. The third kappa shape index (κ3) is 15.2. The Morgan fingerprint density at radius 2 is 1.60 bits per heavy atom. The van der Waals surface area contributed by atoms with Crippen LogP contribution in [0.5, 0.6) is 11.5 Å². The Morgan fingerprint density at radius 1 is 1.02 bits per heavy atom. The van der Waals surface area contributed by atoms with Gasteiger partial charge in [0.15, 0.2) is 17.2 Å². The topological polar surface area (TPSA) is 97.8 Å². The number of esters is 1. The van der Waals surface area contributed by atoms with Gasteiger partial charge < -0.3 is 19.9 Å². The number of amides is 1. The lowest BCUT2D eigenvalue weighted by molar-refractivity contribution is -0.147. The Bertz CT molecular complexity index is 1280. The van der Waals surface area contributed by atoms with Crippen LogP contribution >= 0.6 is 0 Å². The van der Waals surface area contributed by atoms with E-state index >= 15 is 0 Å². The molecule has 1 heterocycles. The maximum absolute atomic E-state index is 12.7. The molecule has 1 aromatic heterocycles. The Morgan fingerprint density at radius 3 is 2.09 bits per heavy atom. The molecule has 45 heavy (non-hydrogen) atoms. The molecule has 2 atom stereocenters. The minimum atomic E-state index is -4.39. The third-order valence-corrected chi connectivity index (χ3v) is 5.81. The first-order valence-corrected chi connectivity index (χ1v) is 14.5. The van der Waals surface area contributed by atoms with E-state index in [4.69, 9.17) is 9.47 Å². The van der Waals surface area contributed by atoms with E-state index in [0.717, 1.165) is 17.7 Å². The highest BCUT2D eigenvalue weighted by Gasteiger charge is 2.30. The number of carbonyl (C=O) groups excluding carboxylic acids is 2. The normalized spacial score (nSPS) is 11.4. The first kappa shape index (κ1) is 40.6. The molecule has 0 spiro atoms. The zero-order valence-electron chi connectivity index (χ0n) is 26.9. The number of allylic oxidation sites excluding steroid dienone is 1. The third-order valence-electron chi connectivity index (χ3n) is 5.81. The average Bonchev–Trinajstić information content (AvgIpc) is 3.03. The summed E-state index contributed by atoms with van der Waals surface area (Å²) >= 11 is 0. The highest BCUT2D eigenvalue weighted by atomic mass is 19.4. The van der Waals surface area contributed by atoms with Crippen LogP contribution in [0.15, 0.2) is 73.4 Å². The lowest BCUT2D eigenvalue weighted by atomic mass is 9.93. The molecular weight excluding hydrogens is 592 g/mol. The number of pyridine rings is 1. The molecule has 0 aliphatic rings. The SMILES string of the molecule is C=CC(Cc1ccc(C(F)(F)F)cc1)CC(C)OC(=O)CNC(=O)c1nccc(OC)c1O.CC.CC.Cc1ccc(F)cc1. The molecule has 3 aromatic rings. The van der Waals surface area contributed by atoms with Gasteiger partial charge >= 0.3 is 12.1 Å². The maximum atomic E-state index is 12.7. The van der Waals surface area contributed by atoms with Crippen molar-refractivity contribution < 1.29 is 41.7 Å². The van der Waals surface area contributed by atoms with Crippen LogP contribution in [0.4, 0.5) is 17.6 Å². The molecule has 0 fully saturated rings. The van der Waals surface area contributed by atoms with Crippen LogP contribution in [0, 0.1) is 18.7 Å². The van der Waals surface area contributed by atoms with Gasteiger partial charge in [0.1, 0.15) is 12.4 Å². The summed E-state index contributed by atoms with van der Waals surface area (Å²) in [6.45, 7) is 14.9. The van der Waals surface area contributed by atoms with Gasteiger partial charge in [-0.25, -0.2) is 9.37 Å². The van der Waals surface area contributed by atoms with Gasteiger partial charge in [-0.05, 0) is 62.4 Å². The van der Waals surface area contributed by atoms with E-state index in [0.29, 0.717) is 18.4 Å². The zero-order chi connectivity index (χ0) is 34.6. The number of methoxy groups -OCH3 is 1. The smallest absolute Gasteiger partial charge is 0.416 e.